The summed E-state index contributed by atoms with van der Waals surface area (Å²) in [5.41, 5.74) is 5.99. The highest BCUT2D eigenvalue weighted by Gasteiger charge is 2.00. The van der Waals surface area contributed by atoms with E-state index in [0.29, 0.717) is 11.7 Å². The molecule has 0 saturated carbocycles. The molecule has 0 spiro atoms. The van der Waals surface area contributed by atoms with Crippen LogP contribution in [0.3, 0.4) is 0 Å². The van der Waals surface area contributed by atoms with Crippen molar-refractivity contribution in [1.29, 1.82) is 0 Å². The van der Waals surface area contributed by atoms with Gasteiger partial charge < -0.3 is 11.1 Å². The monoisotopic (exact) mass is 380 g/mol. The number of guanidine groups is 1. The summed E-state index contributed by atoms with van der Waals surface area (Å²) in [4.78, 5) is 7.96. The number of hydrogen-bond acceptors (Lipinski definition) is 2. The Morgan fingerprint density at radius 2 is 2.21 bits per heavy atom. The van der Waals surface area contributed by atoms with Gasteiger partial charge in [0.25, 0.3) is 0 Å². The zero-order valence-corrected chi connectivity index (χ0v) is 13.6. The second kappa shape index (κ2) is 11.0. The van der Waals surface area contributed by atoms with Gasteiger partial charge in [0.2, 0.25) is 0 Å². The molecule has 0 unspecified atom stereocenters. The van der Waals surface area contributed by atoms with E-state index in [0.717, 1.165) is 13.0 Å². The van der Waals surface area contributed by atoms with Crippen LogP contribution in [0.4, 0.5) is 4.39 Å². The van der Waals surface area contributed by atoms with Crippen molar-refractivity contribution in [2.24, 2.45) is 10.7 Å². The molecule has 4 nitrogen and oxygen atoms in total. The van der Waals surface area contributed by atoms with Crippen LogP contribution in [0.25, 0.3) is 0 Å². The van der Waals surface area contributed by atoms with Crippen LogP contribution >= 0.6 is 24.0 Å². The zero-order chi connectivity index (χ0) is 13.2. The first kappa shape index (κ1) is 18.1. The quantitative estimate of drug-likeness (QED) is 0.331. The Hall–Kier alpha value is -0.920. The normalized spacial score (nSPS) is 10.9. The van der Waals surface area contributed by atoms with Gasteiger partial charge in [0, 0.05) is 12.7 Å². The van der Waals surface area contributed by atoms with E-state index in [9.17, 15) is 4.39 Å². The Labute approximate surface area is 131 Å². The first-order valence-corrected chi connectivity index (χ1v) is 6.37. The lowest BCUT2D eigenvalue weighted by molar-refractivity contribution is 0.599. The third-order valence-corrected chi connectivity index (χ3v) is 2.57. The summed E-state index contributed by atoms with van der Waals surface area (Å²) in [5.74, 6) is -0.00597. The summed E-state index contributed by atoms with van der Waals surface area (Å²) in [6.45, 7) is 3.14. The molecular weight excluding hydrogens is 358 g/mol. The van der Waals surface area contributed by atoms with Crippen molar-refractivity contribution in [2.75, 3.05) is 6.54 Å². The number of pyridine rings is 1. The molecule has 0 fully saturated rings. The molecule has 0 radical (unpaired) electrons. The molecule has 6 heteroatoms. The van der Waals surface area contributed by atoms with Crippen molar-refractivity contribution in [1.82, 2.24) is 10.3 Å². The molecule has 0 saturated heterocycles. The summed E-state index contributed by atoms with van der Waals surface area (Å²) < 4.78 is 13.2. The van der Waals surface area contributed by atoms with Crippen LogP contribution in [0.2, 0.25) is 0 Å². The van der Waals surface area contributed by atoms with Gasteiger partial charge >= 0.3 is 0 Å². The maximum Gasteiger partial charge on any atom is 0.188 e. The third kappa shape index (κ3) is 7.97. The molecule has 0 amide bonds. The van der Waals surface area contributed by atoms with Gasteiger partial charge in [-0.25, -0.2) is 9.38 Å². The lowest BCUT2D eigenvalue weighted by atomic mass is 10.2. The van der Waals surface area contributed by atoms with Crippen molar-refractivity contribution in [3.05, 3.63) is 29.8 Å². The first-order valence-electron chi connectivity index (χ1n) is 6.37. The van der Waals surface area contributed by atoms with Crippen LogP contribution in [0.1, 0.15) is 38.3 Å². The van der Waals surface area contributed by atoms with Gasteiger partial charge in [0.1, 0.15) is 5.82 Å². The van der Waals surface area contributed by atoms with Crippen LogP contribution in [0.5, 0.6) is 0 Å². The molecule has 0 aliphatic heterocycles. The fraction of sp³-hybridized carbons (Fsp3) is 0.538. The lowest BCUT2D eigenvalue weighted by Gasteiger charge is -2.05. The molecule has 0 bridgehead atoms. The van der Waals surface area contributed by atoms with Gasteiger partial charge in [0.05, 0.1) is 12.2 Å². The second-order valence-corrected chi connectivity index (χ2v) is 4.12. The van der Waals surface area contributed by atoms with Crippen molar-refractivity contribution >= 4 is 29.9 Å². The average Bonchev–Trinajstić information content (AvgIpc) is 2.37. The van der Waals surface area contributed by atoms with E-state index >= 15 is 0 Å². The predicted octanol–water partition coefficient (Wildman–Crippen LogP) is 2.82. The van der Waals surface area contributed by atoms with Gasteiger partial charge in [-0.15, -0.1) is 24.0 Å². The lowest BCUT2D eigenvalue weighted by Crippen LogP contribution is -2.32. The van der Waals surface area contributed by atoms with Crippen molar-refractivity contribution < 1.29 is 4.39 Å². The first-order chi connectivity index (χ1) is 8.74. The summed E-state index contributed by atoms with van der Waals surface area (Å²) in [6, 6.07) is 2.92. The van der Waals surface area contributed by atoms with Crippen LogP contribution in [0.15, 0.2) is 23.3 Å². The predicted molar refractivity (Wildman–Crippen MR) is 87.1 cm³/mol. The highest BCUT2D eigenvalue weighted by Crippen LogP contribution is 2.03. The summed E-state index contributed by atoms with van der Waals surface area (Å²) in [5, 5.41) is 3.01. The smallest absolute Gasteiger partial charge is 0.188 e. The van der Waals surface area contributed by atoms with E-state index in [2.05, 4.69) is 22.2 Å². The van der Waals surface area contributed by atoms with Crippen LogP contribution in [-0.4, -0.2) is 17.5 Å². The number of nitrogens with zero attached hydrogens (tertiary/aromatic N) is 2. The summed E-state index contributed by atoms with van der Waals surface area (Å²) in [6.07, 6.45) is 6.25. The van der Waals surface area contributed by atoms with Crippen molar-refractivity contribution in [2.45, 2.75) is 39.2 Å². The minimum Gasteiger partial charge on any atom is -0.370 e. The molecule has 1 aromatic rings. The van der Waals surface area contributed by atoms with E-state index in [1.54, 1.807) is 12.3 Å². The SMILES string of the molecule is CCCCCCNC(N)=NCc1ncccc1F.I. The Balaban J connectivity index is 0.00000324. The highest BCUT2D eigenvalue weighted by atomic mass is 127. The van der Waals surface area contributed by atoms with E-state index in [4.69, 9.17) is 5.73 Å². The number of rotatable bonds is 7. The largest absolute Gasteiger partial charge is 0.370 e. The summed E-state index contributed by atoms with van der Waals surface area (Å²) >= 11 is 0. The van der Waals surface area contributed by atoms with E-state index < -0.39 is 0 Å². The number of aliphatic imine (C=N–C) groups is 1. The Morgan fingerprint density at radius 1 is 1.42 bits per heavy atom. The number of nitrogens with one attached hydrogen (secondary N) is 1. The van der Waals surface area contributed by atoms with Gasteiger partial charge in [-0.1, -0.05) is 26.2 Å². The molecule has 0 atom stereocenters. The van der Waals surface area contributed by atoms with Crippen LogP contribution in [0, 0.1) is 5.82 Å². The number of nitrogens with two attached hydrogens (primary N) is 1. The van der Waals surface area contributed by atoms with E-state index in [1.807, 2.05) is 0 Å². The third-order valence-electron chi connectivity index (χ3n) is 2.57. The number of hydrogen-bond donors (Lipinski definition) is 2. The van der Waals surface area contributed by atoms with Crippen LogP contribution in [-0.2, 0) is 6.54 Å². The Kier molecular flexibility index (Phi) is 10.4. The minimum atomic E-state index is -0.350. The van der Waals surface area contributed by atoms with Crippen molar-refractivity contribution in [3.63, 3.8) is 0 Å². The fourth-order valence-corrected chi connectivity index (χ4v) is 1.52. The van der Waals surface area contributed by atoms with Gasteiger partial charge in [-0.2, -0.15) is 0 Å². The molecule has 0 aliphatic rings. The molecule has 1 heterocycles. The topological polar surface area (TPSA) is 63.3 Å². The van der Waals surface area contributed by atoms with Gasteiger partial charge in [0.15, 0.2) is 5.96 Å². The average molecular weight is 380 g/mol. The van der Waals surface area contributed by atoms with E-state index in [-0.39, 0.29) is 36.3 Å². The molecule has 1 rings (SSSR count). The molecule has 0 aliphatic carbocycles. The zero-order valence-electron chi connectivity index (χ0n) is 11.2. The molecule has 1 aromatic heterocycles. The van der Waals surface area contributed by atoms with Crippen LogP contribution < -0.4 is 11.1 Å². The van der Waals surface area contributed by atoms with Gasteiger partial charge in [-0.3, -0.25) is 4.98 Å². The highest BCUT2D eigenvalue weighted by molar-refractivity contribution is 14.0. The van der Waals surface area contributed by atoms with E-state index in [1.165, 1.54) is 25.3 Å². The number of halogens is 2. The molecule has 19 heavy (non-hydrogen) atoms. The maximum absolute atomic E-state index is 13.2. The maximum atomic E-state index is 13.2. The Bertz CT molecular complexity index is 385. The van der Waals surface area contributed by atoms with Gasteiger partial charge in [-0.05, 0) is 18.6 Å². The summed E-state index contributed by atoms with van der Waals surface area (Å²) in [7, 11) is 0. The second-order valence-electron chi connectivity index (χ2n) is 4.12. The Morgan fingerprint density at radius 3 is 2.89 bits per heavy atom. The minimum absolute atomic E-state index is 0. The standard InChI is InChI=1S/C13H21FN4.HI/c1-2-3-4-5-8-17-13(15)18-10-12-11(14)7-6-9-16-12;/h6-7,9H,2-5,8,10H2,1H3,(H3,15,17,18);1H. The molecule has 3 N–H and O–H groups in total. The fourth-order valence-electron chi connectivity index (χ4n) is 1.52. The molecule has 108 valence electrons. The number of unbranched alkanes of at least 4 members (excludes halogenated alkanes) is 3. The molecule has 0 aromatic carbocycles. The number of aromatic nitrogens is 1. The molecular formula is C13H22FIN4. The van der Waals surface area contributed by atoms with Crippen molar-refractivity contribution in [3.8, 4) is 0 Å².